The second kappa shape index (κ2) is 15.1. The van der Waals surface area contributed by atoms with Crippen LogP contribution >= 0.6 is 11.6 Å². The Morgan fingerprint density at radius 1 is 1.24 bits per heavy atom. The number of Topliss-reactive ketones (excluding diaryl/α,β-unsaturated/α-hetero) is 1. The molecule has 0 aliphatic carbocycles. The van der Waals surface area contributed by atoms with Gasteiger partial charge in [-0.25, -0.2) is 9.18 Å². The molecule has 0 saturated carbocycles. The molecule has 210 valence electrons. The van der Waals surface area contributed by atoms with E-state index in [4.69, 9.17) is 27.5 Å². The van der Waals surface area contributed by atoms with Crippen molar-refractivity contribution in [2.75, 3.05) is 19.8 Å². The molecule has 1 saturated heterocycles. The molecule has 6 N–H and O–H groups in total. The fourth-order valence-corrected chi connectivity index (χ4v) is 4.32. The topological polar surface area (TPSA) is 167 Å². The summed E-state index contributed by atoms with van der Waals surface area (Å²) in [4.78, 5) is 52.4. The van der Waals surface area contributed by atoms with Crippen LogP contribution in [0.4, 0.5) is 9.18 Å². The molecule has 3 atom stereocenters. The van der Waals surface area contributed by atoms with E-state index >= 15 is 0 Å². The summed E-state index contributed by atoms with van der Waals surface area (Å²) in [5.74, 6) is -2.34. The van der Waals surface area contributed by atoms with Gasteiger partial charge in [-0.1, -0.05) is 43.6 Å². The average molecular weight is 555 g/mol. The molecular weight excluding hydrogens is 519 g/mol. The molecule has 3 amide bonds. The number of ketones is 1. The molecule has 1 aromatic carbocycles. The number of benzene rings is 1. The number of halogens is 2. The number of guanidine groups is 1. The van der Waals surface area contributed by atoms with E-state index in [0.29, 0.717) is 36.4 Å². The number of alkyl halides is 1. The molecule has 1 aliphatic heterocycles. The molecule has 38 heavy (non-hydrogen) atoms. The first-order valence-electron chi connectivity index (χ1n) is 12.5. The Morgan fingerprint density at radius 2 is 1.95 bits per heavy atom. The third kappa shape index (κ3) is 9.16. The number of ether oxygens (including phenoxy) is 1. The number of nitrogens with two attached hydrogens (primary N) is 1. The molecule has 1 aromatic rings. The molecule has 13 heteroatoms. The summed E-state index contributed by atoms with van der Waals surface area (Å²) in [5.41, 5.74) is 5.84. The molecule has 1 aliphatic rings. The Balaban J connectivity index is 2.01. The Hall–Kier alpha value is -3.41. The van der Waals surface area contributed by atoms with Gasteiger partial charge in [0, 0.05) is 23.7 Å². The minimum Gasteiger partial charge on any atom is -0.445 e. The molecule has 1 heterocycles. The lowest BCUT2D eigenvalue weighted by atomic mass is 10.0. The van der Waals surface area contributed by atoms with Gasteiger partial charge in [-0.05, 0) is 37.7 Å². The minimum absolute atomic E-state index is 0.0782. The van der Waals surface area contributed by atoms with Gasteiger partial charge in [-0.2, -0.15) is 0 Å². The highest BCUT2D eigenvalue weighted by Crippen LogP contribution is 2.21. The van der Waals surface area contributed by atoms with Crippen molar-refractivity contribution < 1.29 is 28.3 Å². The van der Waals surface area contributed by atoms with Crippen LogP contribution in [0.2, 0.25) is 5.02 Å². The van der Waals surface area contributed by atoms with Crippen molar-refractivity contribution in [1.82, 2.24) is 20.9 Å². The summed E-state index contributed by atoms with van der Waals surface area (Å²) >= 11 is 6.09. The van der Waals surface area contributed by atoms with E-state index in [-0.39, 0.29) is 31.4 Å². The molecular formula is C25H36ClFN6O5. The predicted molar refractivity (Wildman–Crippen MR) is 140 cm³/mol. The summed E-state index contributed by atoms with van der Waals surface area (Å²) < 4.78 is 18.4. The van der Waals surface area contributed by atoms with Gasteiger partial charge < -0.3 is 31.3 Å². The standard InChI is InChI=1S/C25H36ClFN6O5/c1-15(2)21(32-25(37)38-14-16-7-3-4-8-17(16)26)23(36)33-12-6-10-19(33)22(35)31-18(20(34)13-27)9-5-11-30-24(28)29/h3-4,7-8,15,18-19,21H,5-6,9-14H2,1-2H3,(H,31,35)(H,32,37)(H4,28,29,30). The number of nitrogens with one attached hydrogen (secondary N) is 4. The quantitative estimate of drug-likeness (QED) is 0.141. The van der Waals surface area contributed by atoms with Gasteiger partial charge in [0.2, 0.25) is 11.8 Å². The van der Waals surface area contributed by atoms with E-state index in [2.05, 4.69) is 16.0 Å². The SMILES string of the molecule is CC(C)C(NC(=O)OCc1ccccc1Cl)C(=O)N1CCCC1C(=O)NC(CCCNC(=N)N)C(=O)CF. The first-order chi connectivity index (χ1) is 18.0. The maximum atomic E-state index is 13.4. The van der Waals surface area contributed by atoms with Gasteiger partial charge in [0.15, 0.2) is 11.7 Å². The Kier molecular flexibility index (Phi) is 12.3. The average Bonchev–Trinajstić information content (AvgIpc) is 3.37. The first-order valence-corrected chi connectivity index (χ1v) is 12.9. The number of likely N-dealkylation sites (tertiary alicyclic amines) is 1. The number of nitrogens with zero attached hydrogens (tertiary/aromatic N) is 1. The number of carbonyl (C=O) groups is 4. The van der Waals surface area contributed by atoms with Gasteiger partial charge in [-0.15, -0.1) is 0 Å². The van der Waals surface area contributed by atoms with Gasteiger partial charge in [-0.3, -0.25) is 19.8 Å². The summed E-state index contributed by atoms with van der Waals surface area (Å²) in [7, 11) is 0. The van der Waals surface area contributed by atoms with Crippen LogP contribution in [0.5, 0.6) is 0 Å². The van der Waals surface area contributed by atoms with Crippen LogP contribution in [0.15, 0.2) is 24.3 Å². The van der Waals surface area contributed by atoms with Crippen molar-refractivity contribution in [3.8, 4) is 0 Å². The molecule has 0 radical (unpaired) electrons. The van der Waals surface area contributed by atoms with Crippen LogP contribution in [-0.4, -0.2) is 72.4 Å². The van der Waals surface area contributed by atoms with Crippen LogP contribution in [0, 0.1) is 11.3 Å². The molecule has 0 bridgehead atoms. The fraction of sp³-hybridized carbons (Fsp3) is 0.560. The Morgan fingerprint density at radius 3 is 2.58 bits per heavy atom. The number of amides is 3. The molecule has 3 unspecified atom stereocenters. The zero-order valence-electron chi connectivity index (χ0n) is 21.6. The summed E-state index contributed by atoms with van der Waals surface area (Å²) in [6.45, 7) is 2.77. The van der Waals surface area contributed by atoms with E-state index in [1.54, 1.807) is 38.1 Å². The second-order valence-corrected chi connectivity index (χ2v) is 9.77. The number of hydrogen-bond donors (Lipinski definition) is 5. The molecule has 0 aromatic heterocycles. The van der Waals surface area contributed by atoms with Crippen LogP contribution in [0.3, 0.4) is 0 Å². The Bertz CT molecular complexity index is 1010. The highest BCUT2D eigenvalue weighted by atomic mass is 35.5. The minimum atomic E-state index is -1.24. The molecule has 0 spiro atoms. The van der Waals surface area contributed by atoms with Crippen molar-refractivity contribution >= 4 is 41.3 Å². The summed E-state index contributed by atoms with van der Waals surface area (Å²) in [6, 6.07) is 4.01. The fourth-order valence-electron chi connectivity index (χ4n) is 4.13. The third-order valence-electron chi connectivity index (χ3n) is 6.18. The van der Waals surface area contributed by atoms with Crippen LogP contribution < -0.4 is 21.7 Å². The number of alkyl carbamates (subject to hydrolysis) is 1. The van der Waals surface area contributed by atoms with Gasteiger partial charge in [0.05, 0.1) is 6.04 Å². The van der Waals surface area contributed by atoms with Crippen molar-refractivity contribution in [1.29, 1.82) is 5.41 Å². The van der Waals surface area contributed by atoms with Gasteiger partial charge in [0.25, 0.3) is 0 Å². The number of hydrogen-bond acceptors (Lipinski definition) is 6. The van der Waals surface area contributed by atoms with Crippen molar-refractivity contribution in [2.45, 2.75) is 64.3 Å². The van der Waals surface area contributed by atoms with Crippen molar-refractivity contribution in [3.05, 3.63) is 34.9 Å². The highest BCUT2D eigenvalue weighted by Gasteiger charge is 2.39. The van der Waals surface area contributed by atoms with Crippen LogP contribution in [-0.2, 0) is 25.7 Å². The molecule has 2 rings (SSSR count). The van der Waals surface area contributed by atoms with E-state index < -0.39 is 48.5 Å². The molecule has 1 fully saturated rings. The van der Waals surface area contributed by atoms with E-state index in [0.717, 1.165) is 0 Å². The third-order valence-corrected chi connectivity index (χ3v) is 6.55. The lowest BCUT2D eigenvalue weighted by Crippen LogP contribution is -2.56. The smallest absolute Gasteiger partial charge is 0.408 e. The maximum Gasteiger partial charge on any atom is 0.408 e. The van der Waals surface area contributed by atoms with E-state index in [9.17, 15) is 23.6 Å². The highest BCUT2D eigenvalue weighted by molar-refractivity contribution is 6.31. The van der Waals surface area contributed by atoms with Crippen molar-refractivity contribution in [3.63, 3.8) is 0 Å². The second-order valence-electron chi connectivity index (χ2n) is 9.37. The van der Waals surface area contributed by atoms with Crippen LogP contribution in [0.1, 0.15) is 45.1 Å². The lowest BCUT2D eigenvalue weighted by Gasteiger charge is -2.31. The predicted octanol–water partition coefficient (Wildman–Crippen LogP) is 1.87. The lowest BCUT2D eigenvalue weighted by molar-refractivity contribution is -0.141. The maximum absolute atomic E-state index is 13.4. The largest absolute Gasteiger partial charge is 0.445 e. The summed E-state index contributed by atoms with van der Waals surface area (Å²) in [5, 5.41) is 15.4. The normalized spacial score (nSPS) is 16.4. The van der Waals surface area contributed by atoms with E-state index in [1.807, 2.05) is 0 Å². The zero-order valence-corrected chi connectivity index (χ0v) is 22.4. The van der Waals surface area contributed by atoms with Crippen LogP contribution in [0.25, 0.3) is 0 Å². The van der Waals surface area contributed by atoms with Gasteiger partial charge >= 0.3 is 6.09 Å². The number of rotatable bonds is 13. The zero-order chi connectivity index (χ0) is 28.2. The van der Waals surface area contributed by atoms with E-state index in [1.165, 1.54) is 4.90 Å². The first kappa shape index (κ1) is 30.8. The van der Waals surface area contributed by atoms with Gasteiger partial charge in [0.1, 0.15) is 25.4 Å². The monoisotopic (exact) mass is 554 g/mol. The van der Waals surface area contributed by atoms with Crippen molar-refractivity contribution in [2.24, 2.45) is 11.7 Å². The summed E-state index contributed by atoms with van der Waals surface area (Å²) in [6.07, 6.45) is 0.615. The molecule has 11 nitrogen and oxygen atoms in total. The number of carbonyl (C=O) groups excluding carboxylic acids is 4. The Labute approximate surface area is 226 Å².